The number of hydrogen-bond donors (Lipinski definition) is 1. The number of rotatable bonds is 4. The van der Waals surface area contributed by atoms with Gasteiger partial charge in [-0.15, -0.1) is 0 Å². The van der Waals surface area contributed by atoms with Gasteiger partial charge in [0.05, 0.1) is 0 Å². The Balaban J connectivity index is 1.76. The van der Waals surface area contributed by atoms with Gasteiger partial charge in [0.15, 0.2) is 12.4 Å². The molecule has 0 atom stereocenters. The molecule has 120 valence electrons. The molecule has 4 nitrogen and oxygen atoms in total. The van der Waals surface area contributed by atoms with Crippen molar-refractivity contribution in [2.45, 2.75) is 0 Å². The highest BCUT2D eigenvalue weighted by Gasteiger charge is 2.17. The normalized spacial score (nSPS) is 10.5. The zero-order valence-corrected chi connectivity index (χ0v) is 12.5. The Kier molecular flexibility index (Phi) is 4.24. The average Bonchev–Trinajstić information content (AvgIpc) is 2.60. The second kappa shape index (κ2) is 6.50. The van der Waals surface area contributed by atoms with Gasteiger partial charge in [-0.2, -0.15) is 0 Å². The van der Waals surface area contributed by atoms with Gasteiger partial charge >= 0.3 is 5.97 Å². The number of benzene rings is 3. The summed E-state index contributed by atoms with van der Waals surface area (Å²) in [7, 11) is 0. The number of Topliss-reactive ketones (excluding diaryl/α,β-unsaturated/α-hetero) is 1. The summed E-state index contributed by atoms with van der Waals surface area (Å²) in [6.07, 6.45) is 0. The smallest absolute Gasteiger partial charge is 0.342 e. The molecule has 0 aliphatic carbocycles. The van der Waals surface area contributed by atoms with Gasteiger partial charge in [0.25, 0.3) is 0 Å². The molecule has 3 aromatic carbocycles. The highest BCUT2D eigenvalue weighted by molar-refractivity contribution is 6.03. The minimum atomic E-state index is -0.817. The summed E-state index contributed by atoms with van der Waals surface area (Å²) in [5.74, 6) is -2.08. The molecule has 0 heterocycles. The van der Waals surface area contributed by atoms with Crippen molar-refractivity contribution in [3.8, 4) is 5.75 Å². The van der Waals surface area contributed by atoms with E-state index in [2.05, 4.69) is 0 Å². The summed E-state index contributed by atoms with van der Waals surface area (Å²) >= 11 is 0. The molecule has 0 radical (unpaired) electrons. The van der Waals surface area contributed by atoms with Gasteiger partial charge in [-0.3, -0.25) is 4.79 Å². The molecule has 0 fully saturated rings. The molecule has 0 unspecified atom stereocenters. The number of fused-ring (bicyclic) bond motifs is 1. The lowest BCUT2D eigenvalue weighted by Crippen LogP contribution is -2.14. The van der Waals surface area contributed by atoms with Crippen molar-refractivity contribution in [3.63, 3.8) is 0 Å². The third-order valence-corrected chi connectivity index (χ3v) is 3.60. The van der Waals surface area contributed by atoms with E-state index in [1.807, 2.05) is 6.07 Å². The quantitative estimate of drug-likeness (QED) is 0.587. The largest absolute Gasteiger partial charge is 0.506 e. The van der Waals surface area contributed by atoms with E-state index in [-0.39, 0.29) is 16.9 Å². The van der Waals surface area contributed by atoms with Crippen LogP contribution in [0.5, 0.6) is 5.75 Å². The van der Waals surface area contributed by atoms with E-state index in [9.17, 15) is 19.1 Å². The molecule has 0 aliphatic heterocycles. The molecule has 0 aromatic heterocycles. The van der Waals surface area contributed by atoms with E-state index in [1.165, 1.54) is 24.3 Å². The Morgan fingerprint density at radius 2 is 1.79 bits per heavy atom. The molecule has 0 amide bonds. The zero-order chi connectivity index (χ0) is 17.1. The minimum absolute atomic E-state index is 0.0271. The molecular weight excluding hydrogens is 311 g/mol. The van der Waals surface area contributed by atoms with Crippen LogP contribution in [-0.2, 0) is 4.74 Å². The first-order valence-electron chi connectivity index (χ1n) is 7.23. The Morgan fingerprint density at radius 1 is 1.00 bits per heavy atom. The van der Waals surface area contributed by atoms with Crippen molar-refractivity contribution in [1.82, 2.24) is 0 Å². The van der Waals surface area contributed by atoms with Crippen LogP contribution in [0.1, 0.15) is 20.7 Å². The van der Waals surface area contributed by atoms with Crippen LogP contribution in [0, 0.1) is 5.82 Å². The number of phenols is 1. The van der Waals surface area contributed by atoms with Crippen molar-refractivity contribution in [1.29, 1.82) is 0 Å². The van der Waals surface area contributed by atoms with Crippen molar-refractivity contribution in [2.24, 2.45) is 0 Å². The van der Waals surface area contributed by atoms with Crippen LogP contribution in [0.2, 0.25) is 0 Å². The predicted molar refractivity (Wildman–Crippen MR) is 86.6 cm³/mol. The maximum absolute atomic E-state index is 13.1. The summed E-state index contributed by atoms with van der Waals surface area (Å²) in [5.41, 5.74) is 0.0891. The number of hydrogen-bond acceptors (Lipinski definition) is 4. The first-order valence-corrected chi connectivity index (χ1v) is 7.23. The van der Waals surface area contributed by atoms with Gasteiger partial charge in [0.1, 0.15) is 17.1 Å². The number of ketones is 1. The van der Waals surface area contributed by atoms with E-state index < -0.39 is 24.2 Å². The van der Waals surface area contributed by atoms with Crippen LogP contribution in [0.3, 0.4) is 0 Å². The SMILES string of the molecule is O=C(COC(=O)c1ccc2ccccc2c1O)c1cccc(F)c1. The summed E-state index contributed by atoms with van der Waals surface area (Å²) in [5, 5.41) is 11.5. The fourth-order valence-electron chi connectivity index (χ4n) is 2.37. The molecule has 24 heavy (non-hydrogen) atoms. The Hall–Kier alpha value is -3.21. The Bertz CT molecular complexity index is 934. The average molecular weight is 324 g/mol. The molecule has 5 heteroatoms. The maximum atomic E-state index is 13.1. The second-order valence-electron chi connectivity index (χ2n) is 5.19. The summed E-state index contributed by atoms with van der Waals surface area (Å²) in [6, 6.07) is 15.3. The number of esters is 1. The fourth-order valence-corrected chi connectivity index (χ4v) is 2.37. The van der Waals surface area contributed by atoms with Gasteiger partial charge < -0.3 is 9.84 Å². The number of ether oxygens (including phenoxy) is 1. The lowest BCUT2D eigenvalue weighted by Gasteiger charge is -2.08. The third-order valence-electron chi connectivity index (χ3n) is 3.60. The van der Waals surface area contributed by atoms with Crippen LogP contribution < -0.4 is 0 Å². The monoisotopic (exact) mass is 324 g/mol. The number of carbonyl (C=O) groups excluding carboxylic acids is 2. The van der Waals surface area contributed by atoms with E-state index in [0.29, 0.717) is 5.39 Å². The third kappa shape index (κ3) is 3.10. The Morgan fingerprint density at radius 3 is 2.58 bits per heavy atom. The van der Waals surface area contributed by atoms with Crippen LogP contribution >= 0.6 is 0 Å². The van der Waals surface area contributed by atoms with Gasteiger partial charge in [0, 0.05) is 10.9 Å². The van der Waals surface area contributed by atoms with Gasteiger partial charge in [-0.05, 0) is 23.6 Å². The number of halogens is 1. The molecule has 0 saturated heterocycles. The molecule has 0 aliphatic rings. The van der Waals surface area contributed by atoms with Crippen LogP contribution in [0.4, 0.5) is 4.39 Å². The van der Waals surface area contributed by atoms with E-state index in [1.54, 1.807) is 24.3 Å². The van der Waals surface area contributed by atoms with Gasteiger partial charge in [0.2, 0.25) is 0 Å². The van der Waals surface area contributed by atoms with Crippen LogP contribution in [0.25, 0.3) is 10.8 Å². The highest BCUT2D eigenvalue weighted by atomic mass is 19.1. The van der Waals surface area contributed by atoms with E-state index in [0.717, 1.165) is 11.5 Å². The van der Waals surface area contributed by atoms with Crippen LogP contribution in [0.15, 0.2) is 60.7 Å². The lowest BCUT2D eigenvalue weighted by molar-refractivity contribution is 0.0472. The predicted octanol–water partition coefficient (Wildman–Crippen LogP) is 3.72. The molecule has 3 aromatic rings. The standard InChI is InChI=1S/C19H13FO4/c20-14-6-3-5-13(10-14)17(21)11-24-19(23)16-9-8-12-4-1-2-7-15(12)18(16)22/h1-10,22H,11H2. The van der Waals surface area contributed by atoms with Gasteiger partial charge in [-0.25, -0.2) is 9.18 Å². The maximum Gasteiger partial charge on any atom is 0.342 e. The summed E-state index contributed by atoms with van der Waals surface area (Å²) in [6.45, 7) is -0.533. The van der Waals surface area contributed by atoms with Crippen LogP contribution in [-0.4, -0.2) is 23.5 Å². The summed E-state index contributed by atoms with van der Waals surface area (Å²) < 4.78 is 18.0. The topological polar surface area (TPSA) is 63.6 Å². The first-order chi connectivity index (χ1) is 11.6. The molecule has 0 bridgehead atoms. The highest BCUT2D eigenvalue weighted by Crippen LogP contribution is 2.29. The van der Waals surface area contributed by atoms with Crippen molar-refractivity contribution < 1.29 is 23.8 Å². The molecule has 1 N–H and O–H groups in total. The fraction of sp³-hybridized carbons (Fsp3) is 0.0526. The molecule has 0 saturated carbocycles. The number of aromatic hydroxyl groups is 1. The number of phenolic OH excluding ortho intramolecular Hbond substituents is 1. The number of carbonyl (C=O) groups is 2. The van der Waals surface area contributed by atoms with Crippen molar-refractivity contribution in [3.05, 3.63) is 77.6 Å². The first kappa shape index (κ1) is 15.7. The zero-order valence-electron chi connectivity index (χ0n) is 12.5. The van der Waals surface area contributed by atoms with E-state index in [4.69, 9.17) is 4.74 Å². The van der Waals surface area contributed by atoms with E-state index >= 15 is 0 Å². The Labute approximate surface area is 137 Å². The minimum Gasteiger partial charge on any atom is -0.506 e. The molecular formula is C19H13FO4. The van der Waals surface area contributed by atoms with Crippen molar-refractivity contribution >= 4 is 22.5 Å². The van der Waals surface area contributed by atoms with Crippen molar-refractivity contribution in [2.75, 3.05) is 6.61 Å². The van der Waals surface area contributed by atoms with Gasteiger partial charge in [-0.1, -0.05) is 42.5 Å². The second-order valence-corrected chi connectivity index (χ2v) is 5.19. The molecule has 0 spiro atoms. The lowest BCUT2D eigenvalue weighted by atomic mass is 10.1. The summed E-state index contributed by atoms with van der Waals surface area (Å²) in [4.78, 5) is 24.0. The molecule has 3 rings (SSSR count).